The maximum absolute atomic E-state index is 12.0. The van der Waals surface area contributed by atoms with Crippen molar-refractivity contribution in [2.45, 2.75) is 64.8 Å². The summed E-state index contributed by atoms with van der Waals surface area (Å²) in [7, 11) is 0. The van der Waals surface area contributed by atoms with Crippen LogP contribution in [0.5, 0.6) is 0 Å². The van der Waals surface area contributed by atoms with Gasteiger partial charge >= 0.3 is 5.97 Å². The molecule has 2 aliphatic rings. The fourth-order valence-corrected chi connectivity index (χ4v) is 3.56. The molecule has 4 heteroatoms. The van der Waals surface area contributed by atoms with Gasteiger partial charge in [-0.05, 0) is 69.5 Å². The fourth-order valence-electron chi connectivity index (χ4n) is 3.56. The molecule has 1 aliphatic carbocycles. The van der Waals surface area contributed by atoms with Crippen molar-refractivity contribution in [2.75, 3.05) is 26.2 Å². The Kier molecular flexibility index (Phi) is 5.31. The van der Waals surface area contributed by atoms with Crippen LogP contribution in [0.3, 0.4) is 0 Å². The van der Waals surface area contributed by atoms with Crippen molar-refractivity contribution in [3.8, 4) is 0 Å². The average molecular weight is 296 g/mol. The van der Waals surface area contributed by atoms with Crippen LogP contribution in [0.1, 0.15) is 59.3 Å². The molecule has 0 aromatic rings. The van der Waals surface area contributed by atoms with Gasteiger partial charge in [0.2, 0.25) is 0 Å². The Bertz CT molecular complexity index is 366. The molecule has 0 amide bonds. The van der Waals surface area contributed by atoms with Gasteiger partial charge in [-0.1, -0.05) is 20.8 Å². The number of aliphatic carboxylic acids is 1. The summed E-state index contributed by atoms with van der Waals surface area (Å²) in [5.41, 5.74) is -0.318. The normalized spacial score (nSPS) is 26.0. The highest BCUT2D eigenvalue weighted by Crippen LogP contribution is 2.41. The molecule has 2 N–H and O–H groups in total. The van der Waals surface area contributed by atoms with Crippen molar-refractivity contribution in [1.82, 2.24) is 10.2 Å². The molecule has 1 saturated heterocycles. The van der Waals surface area contributed by atoms with Crippen LogP contribution in [0.25, 0.3) is 0 Å². The zero-order valence-corrected chi connectivity index (χ0v) is 14.0. The number of hydrogen-bond acceptors (Lipinski definition) is 3. The lowest BCUT2D eigenvalue weighted by Gasteiger charge is -2.36. The second-order valence-electron chi connectivity index (χ2n) is 7.77. The Morgan fingerprint density at radius 3 is 2.62 bits per heavy atom. The molecule has 2 rings (SSSR count). The first-order valence-corrected chi connectivity index (χ1v) is 8.60. The lowest BCUT2D eigenvalue weighted by Crippen LogP contribution is -2.61. The van der Waals surface area contributed by atoms with Crippen LogP contribution in [-0.2, 0) is 4.79 Å². The summed E-state index contributed by atoms with van der Waals surface area (Å²) < 4.78 is 0. The van der Waals surface area contributed by atoms with E-state index in [4.69, 9.17) is 0 Å². The summed E-state index contributed by atoms with van der Waals surface area (Å²) in [6.45, 7) is 10.3. The van der Waals surface area contributed by atoms with Crippen molar-refractivity contribution >= 4 is 5.97 Å². The number of likely N-dealkylation sites (tertiary alicyclic amines) is 1. The summed E-state index contributed by atoms with van der Waals surface area (Å²) in [5, 5.41) is 13.3. The van der Waals surface area contributed by atoms with Gasteiger partial charge in [0.1, 0.15) is 5.54 Å². The molecule has 0 radical (unpaired) electrons. The standard InChI is InChI=1S/C17H32N2O2/c1-4-10-18-17(15(20)21,14-6-7-14)13-19-11-5-8-16(2,3)9-12-19/h14,18H,4-13H2,1-3H3,(H,20,21). The quantitative estimate of drug-likeness (QED) is 0.758. The molecule has 0 aromatic carbocycles. The maximum Gasteiger partial charge on any atom is 0.325 e. The molecule has 1 aliphatic heterocycles. The molecule has 1 unspecified atom stereocenters. The zero-order valence-electron chi connectivity index (χ0n) is 14.0. The van der Waals surface area contributed by atoms with Crippen molar-refractivity contribution in [2.24, 2.45) is 11.3 Å². The van der Waals surface area contributed by atoms with Gasteiger partial charge < -0.3 is 15.3 Å². The smallest absolute Gasteiger partial charge is 0.325 e. The van der Waals surface area contributed by atoms with Crippen LogP contribution < -0.4 is 5.32 Å². The van der Waals surface area contributed by atoms with Crippen molar-refractivity contribution in [3.05, 3.63) is 0 Å². The Labute approximate surface area is 129 Å². The van der Waals surface area contributed by atoms with Gasteiger partial charge in [-0.2, -0.15) is 0 Å². The van der Waals surface area contributed by atoms with Gasteiger partial charge in [-0.15, -0.1) is 0 Å². The highest BCUT2D eigenvalue weighted by atomic mass is 16.4. The minimum absolute atomic E-state index is 0.317. The first-order chi connectivity index (χ1) is 9.89. The fraction of sp³-hybridized carbons (Fsp3) is 0.941. The zero-order chi connectivity index (χ0) is 15.5. The third-order valence-corrected chi connectivity index (χ3v) is 5.25. The molecular weight excluding hydrogens is 264 g/mol. The summed E-state index contributed by atoms with van der Waals surface area (Å²) in [6, 6.07) is 0. The molecular formula is C17H32N2O2. The van der Waals surface area contributed by atoms with Crippen LogP contribution in [0.4, 0.5) is 0 Å². The van der Waals surface area contributed by atoms with Crippen LogP contribution in [0, 0.1) is 11.3 Å². The van der Waals surface area contributed by atoms with E-state index >= 15 is 0 Å². The van der Waals surface area contributed by atoms with E-state index in [1.165, 1.54) is 19.3 Å². The summed E-state index contributed by atoms with van der Waals surface area (Å²) >= 11 is 0. The minimum Gasteiger partial charge on any atom is -0.480 e. The third-order valence-electron chi connectivity index (χ3n) is 5.25. The topological polar surface area (TPSA) is 52.6 Å². The van der Waals surface area contributed by atoms with Gasteiger partial charge in [0, 0.05) is 6.54 Å². The largest absolute Gasteiger partial charge is 0.480 e. The Morgan fingerprint density at radius 2 is 2.05 bits per heavy atom. The summed E-state index contributed by atoms with van der Waals surface area (Å²) in [6.07, 6.45) is 6.69. The predicted octanol–water partition coefficient (Wildman–Crippen LogP) is 2.73. The first kappa shape index (κ1) is 16.8. The summed E-state index contributed by atoms with van der Waals surface area (Å²) in [4.78, 5) is 14.4. The molecule has 1 atom stereocenters. The average Bonchev–Trinajstić information content (AvgIpc) is 3.24. The second-order valence-corrected chi connectivity index (χ2v) is 7.77. The number of hydrogen-bond donors (Lipinski definition) is 2. The minimum atomic E-state index is -0.718. The van der Waals surface area contributed by atoms with Crippen LogP contribution in [0.2, 0.25) is 0 Å². The second kappa shape index (κ2) is 6.66. The van der Waals surface area contributed by atoms with Crippen LogP contribution in [-0.4, -0.2) is 47.7 Å². The van der Waals surface area contributed by atoms with E-state index in [0.717, 1.165) is 38.9 Å². The monoisotopic (exact) mass is 296 g/mol. The third kappa shape index (κ3) is 4.19. The number of nitrogens with zero attached hydrogens (tertiary/aromatic N) is 1. The lowest BCUT2D eigenvalue weighted by molar-refractivity contribution is -0.147. The molecule has 0 aromatic heterocycles. The molecule has 0 bridgehead atoms. The van der Waals surface area contributed by atoms with E-state index < -0.39 is 11.5 Å². The molecule has 4 nitrogen and oxygen atoms in total. The number of carboxylic acids is 1. The summed E-state index contributed by atoms with van der Waals surface area (Å²) in [5.74, 6) is -0.334. The van der Waals surface area contributed by atoms with Gasteiger partial charge in [0.15, 0.2) is 0 Å². The van der Waals surface area contributed by atoms with E-state index in [0.29, 0.717) is 17.9 Å². The Hall–Kier alpha value is -0.610. The highest BCUT2D eigenvalue weighted by molar-refractivity contribution is 5.80. The van der Waals surface area contributed by atoms with Crippen molar-refractivity contribution < 1.29 is 9.90 Å². The molecule has 0 spiro atoms. The van der Waals surface area contributed by atoms with Gasteiger partial charge in [-0.25, -0.2) is 0 Å². The predicted molar refractivity (Wildman–Crippen MR) is 85.5 cm³/mol. The molecule has 21 heavy (non-hydrogen) atoms. The van der Waals surface area contributed by atoms with Gasteiger partial charge in [0.25, 0.3) is 0 Å². The van der Waals surface area contributed by atoms with Gasteiger partial charge in [-0.3, -0.25) is 4.79 Å². The van der Waals surface area contributed by atoms with Crippen LogP contribution in [0.15, 0.2) is 0 Å². The highest BCUT2D eigenvalue weighted by Gasteiger charge is 2.51. The van der Waals surface area contributed by atoms with E-state index in [2.05, 4.69) is 31.0 Å². The number of rotatable bonds is 7. The van der Waals surface area contributed by atoms with E-state index in [1.807, 2.05) is 0 Å². The maximum atomic E-state index is 12.0. The molecule has 1 heterocycles. The van der Waals surface area contributed by atoms with E-state index in [-0.39, 0.29) is 0 Å². The van der Waals surface area contributed by atoms with E-state index in [9.17, 15) is 9.90 Å². The number of carboxylic acid groups (broad SMARTS) is 1. The van der Waals surface area contributed by atoms with Crippen molar-refractivity contribution in [3.63, 3.8) is 0 Å². The van der Waals surface area contributed by atoms with E-state index in [1.54, 1.807) is 0 Å². The first-order valence-electron chi connectivity index (χ1n) is 8.60. The molecule has 122 valence electrons. The SMILES string of the molecule is CCCNC(CN1CCCC(C)(C)CC1)(C(=O)O)C1CC1. The molecule has 1 saturated carbocycles. The molecule has 2 fully saturated rings. The Balaban J connectivity index is 2.05. The van der Waals surface area contributed by atoms with Crippen molar-refractivity contribution in [1.29, 1.82) is 0 Å². The van der Waals surface area contributed by atoms with Gasteiger partial charge in [0.05, 0.1) is 0 Å². The van der Waals surface area contributed by atoms with Crippen LogP contribution >= 0.6 is 0 Å². The Morgan fingerprint density at radius 1 is 1.33 bits per heavy atom. The number of carbonyl (C=O) groups is 1. The lowest BCUT2D eigenvalue weighted by atomic mass is 9.85. The number of nitrogens with one attached hydrogen (secondary N) is 1.